The Morgan fingerprint density at radius 2 is 1.85 bits per heavy atom. The lowest BCUT2D eigenvalue weighted by Gasteiger charge is -2.30. The second kappa shape index (κ2) is 5.13. The number of anilines is 1. The van der Waals surface area contributed by atoms with Crippen LogP contribution in [0.4, 0.5) is 5.69 Å². The molecule has 1 aromatic carbocycles. The van der Waals surface area contributed by atoms with Crippen LogP contribution in [-0.4, -0.2) is 21.9 Å². The number of esters is 1. The Balaban J connectivity index is 2.20. The van der Waals surface area contributed by atoms with Crippen LogP contribution in [0.2, 0.25) is 0 Å². The molecule has 0 fully saturated rings. The molecule has 6 heteroatoms. The van der Waals surface area contributed by atoms with Crippen LogP contribution in [0.1, 0.15) is 19.4 Å². The van der Waals surface area contributed by atoms with Crippen molar-refractivity contribution in [3.05, 3.63) is 41.3 Å². The van der Waals surface area contributed by atoms with Crippen LogP contribution in [0.5, 0.6) is 0 Å². The molecule has 20 heavy (non-hydrogen) atoms. The molecule has 0 aliphatic carbocycles. The van der Waals surface area contributed by atoms with Crippen LogP contribution < -0.4 is 5.32 Å². The minimum atomic E-state index is -1.20. The van der Waals surface area contributed by atoms with Gasteiger partial charge in [-0.2, -0.15) is 0 Å². The highest BCUT2D eigenvalue weighted by Crippen LogP contribution is 2.26. The number of rotatable bonds is 2. The quantitative estimate of drug-likeness (QED) is 0.645. The van der Waals surface area contributed by atoms with Crippen molar-refractivity contribution >= 4 is 28.9 Å². The molecule has 0 bridgehead atoms. The van der Waals surface area contributed by atoms with Crippen molar-refractivity contribution in [2.24, 2.45) is 0 Å². The van der Waals surface area contributed by atoms with E-state index in [1.165, 1.54) is 13.8 Å². The fraction of sp³-hybridized carbons (Fsp3) is 0.286. The molecule has 1 aromatic rings. The van der Waals surface area contributed by atoms with E-state index < -0.39 is 17.7 Å². The lowest BCUT2D eigenvalue weighted by atomic mass is 10.2. The number of thiocarbonyl (C=S) groups is 1. The summed E-state index contributed by atoms with van der Waals surface area (Å²) < 4.78 is 10.1. The highest BCUT2D eigenvalue weighted by molar-refractivity contribution is 7.81. The predicted molar refractivity (Wildman–Crippen MR) is 78.3 cm³/mol. The van der Waals surface area contributed by atoms with Crippen LogP contribution in [0, 0.1) is 6.92 Å². The monoisotopic (exact) mass is 293 g/mol. The Morgan fingerprint density at radius 1 is 1.25 bits per heavy atom. The van der Waals surface area contributed by atoms with Gasteiger partial charge in [-0.1, -0.05) is 29.9 Å². The molecule has 5 nitrogen and oxygen atoms in total. The highest BCUT2D eigenvalue weighted by atomic mass is 32.1. The van der Waals surface area contributed by atoms with Crippen LogP contribution in [0.3, 0.4) is 0 Å². The lowest BCUT2D eigenvalue weighted by Crippen LogP contribution is -2.39. The van der Waals surface area contributed by atoms with E-state index in [-0.39, 0.29) is 10.6 Å². The Labute approximate surface area is 122 Å². The van der Waals surface area contributed by atoms with Gasteiger partial charge >= 0.3 is 5.97 Å². The van der Waals surface area contributed by atoms with Gasteiger partial charge in [0.15, 0.2) is 5.57 Å². The Bertz CT molecular complexity index is 590. The first-order valence-corrected chi connectivity index (χ1v) is 6.43. The third kappa shape index (κ3) is 3.08. The smallest absolute Gasteiger partial charge is 0.351 e. The van der Waals surface area contributed by atoms with Gasteiger partial charge in [-0.25, -0.2) is 4.79 Å². The summed E-state index contributed by atoms with van der Waals surface area (Å²) >= 11 is 5.11. The molecule has 2 N–H and O–H groups in total. The van der Waals surface area contributed by atoms with Crippen molar-refractivity contribution in [3.8, 4) is 0 Å². The van der Waals surface area contributed by atoms with Crippen molar-refractivity contribution in [2.45, 2.75) is 26.6 Å². The third-order valence-corrected chi connectivity index (χ3v) is 2.94. The zero-order chi connectivity index (χ0) is 14.9. The molecule has 0 spiro atoms. The molecule has 0 saturated carbocycles. The molecule has 2 rings (SSSR count). The molecule has 106 valence electrons. The number of carbonyl (C=O) groups is 1. The summed E-state index contributed by atoms with van der Waals surface area (Å²) in [6.45, 7) is 5.01. The largest absolute Gasteiger partial charge is 0.480 e. The number of carbonyl (C=O) groups excluding carboxylic acids is 1. The minimum absolute atomic E-state index is 0.0480. The van der Waals surface area contributed by atoms with Gasteiger partial charge in [-0.05, 0) is 19.1 Å². The third-order valence-electron chi connectivity index (χ3n) is 2.64. The molecule has 0 saturated heterocycles. The fourth-order valence-electron chi connectivity index (χ4n) is 1.69. The number of ether oxygens (including phenoxy) is 2. The van der Waals surface area contributed by atoms with Gasteiger partial charge in [0.1, 0.15) is 4.99 Å². The first-order valence-electron chi connectivity index (χ1n) is 6.02. The highest BCUT2D eigenvalue weighted by Gasteiger charge is 2.38. The van der Waals surface area contributed by atoms with E-state index in [4.69, 9.17) is 21.7 Å². The maximum atomic E-state index is 11.9. The molecule has 0 aromatic heterocycles. The molecule has 0 radical (unpaired) electrons. The first kappa shape index (κ1) is 14.3. The van der Waals surface area contributed by atoms with Crippen LogP contribution in [-0.2, 0) is 14.3 Å². The van der Waals surface area contributed by atoms with E-state index in [1.54, 1.807) is 0 Å². The summed E-state index contributed by atoms with van der Waals surface area (Å²) in [5.74, 6) is -2.45. The number of aliphatic hydroxyl groups excluding tert-OH is 1. The number of cyclic esters (lactones) is 1. The van der Waals surface area contributed by atoms with Gasteiger partial charge in [0.05, 0.1) is 0 Å². The Morgan fingerprint density at radius 3 is 2.40 bits per heavy atom. The summed E-state index contributed by atoms with van der Waals surface area (Å²) in [5.41, 5.74) is 1.63. The van der Waals surface area contributed by atoms with Gasteiger partial charge in [-0.3, -0.25) is 0 Å². The normalized spacial score (nSPS) is 17.2. The van der Waals surface area contributed by atoms with Gasteiger partial charge < -0.3 is 19.9 Å². The summed E-state index contributed by atoms with van der Waals surface area (Å²) in [5, 5.41) is 12.7. The molecule has 1 heterocycles. The number of aliphatic hydroxyl groups is 1. The maximum Gasteiger partial charge on any atom is 0.351 e. The maximum absolute atomic E-state index is 11.9. The second-order valence-corrected chi connectivity index (χ2v) is 5.30. The van der Waals surface area contributed by atoms with Gasteiger partial charge in [-0.15, -0.1) is 0 Å². The Hall–Kier alpha value is -2.08. The van der Waals surface area contributed by atoms with E-state index in [0.717, 1.165) is 5.56 Å². The average Bonchev–Trinajstić information content (AvgIpc) is 2.29. The fourth-order valence-corrected chi connectivity index (χ4v) is 1.98. The van der Waals surface area contributed by atoms with Crippen molar-refractivity contribution < 1.29 is 19.4 Å². The topological polar surface area (TPSA) is 67.8 Å². The second-order valence-electron chi connectivity index (χ2n) is 4.89. The molecule has 0 unspecified atom stereocenters. The molecule has 0 atom stereocenters. The van der Waals surface area contributed by atoms with Crippen molar-refractivity contribution in [2.75, 3.05) is 5.32 Å². The van der Waals surface area contributed by atoms with E-state index in [0.29, 0.717) is 5.69 Å². The first-order chi connectivity index (χ1) is 9.28. The van der Waals surface area contributed by atoms with Crippen molar-refractivity contribution in [3.63, 3.8) is 0 Å². The summed E-state index contributed by atoms with van der Waals surface area (Å²) in [7, 11) is 0. The van der Waals surface area contributed by atoms with Crippen LogP contribution in [0.15, 0.2) is 35.8 Å². The number of hydrogen-bond donors (Lipinski definition) is 2. The van der Waals surface area contributed by atoms with E-state index in [1.807, 2.05) is 31.2 Å². The summed E-state index contributed by atoms with van der Waals surface area (Å²) in [6.07, 6.45) is 0. The zero-order valence-electron chi connectivity index (χ0n) is 11.4. The molecule has 0 amide bonds. The van der Waals surface area contributed by atoms with Crippen molar-refractivity contribution in [1.82, 2.24) is 0 Å². The molecule has 1 aliphatic heterocycles. The molecular formula is C14H15NO4S. The Kier molecular flexibility index (Phi) is 3.67. The molecule has 1 aliphatic rings. The minimum Gasteiger partial charge on any atom is -0.480 e. The van der Waals surface area contributed by atoms with Gasteiger partial charge in [0.2, 0.25) is 0 Å². The number of aryl methyl sites for hydroxylation is 1. The summed E-state index contributed by atoms with van der Waals surface area (Å²) in [4.78, 5) is 11.9. The van der Waals surface area contributed by atoms with Gasteiger partial charge in [0.25, 0.3) is 11.7 Å². The SMILES string of the molecule is Cc1ccc(NC(=S)C2=C(O)OC(C)(C)OC2=O)cc1. The van der Waals surface area contributed by atoms with E-state index >= 15 is 0 Å². The average molecular weight is 293 g/mol. The van der Waals surface area contributed by atoms with Gasteiger partial charge in [0, 0.05) is 19.5 Å². The van der Waals surface area contributed by atoms with Crippen LogP contribution in [0.25, 0.3) is 0 Å². The van der Waals surface area contributed by atoms with Crippen LogP contribution >= 0.6 is 12.2 Å². The summed E-state index contributed by atoms with van der Waals surface area (Å²) in [6, 6.07) is 7.44. The number of benzene rings is 1. The standard InChI is InChI=1S/C14H15NO4S/c1-8-4-6-9(7-5-8)15-11(20)10-12(16)18-14(2,3)19-13(10)17/h4-7,16H,1-3H3,(H,15,20). The molecular weight excluding hydrogens is 278 g/mol. The predicted octanol–water partition coefficient (Wildman–Crippen LogP) is 2.81. The number of hydrogen-bond acceptors (Lipinski definition) is 5. The van der Waals surface area contributed by atoms with E-state index in [9.17, 15) is 9.90 Å². The lowest BCUT2D eigenvalue weighted by molar-refractivity contribution is -0.220. The van der Waals surface area contributed by atoms with Crippen molar-refractivity contribution in [1.29, 1.82) is 0 Å². The van der Waals surface area contributed by atoms with E-state index in [2.05, 4.69) is 5.32 Å². The zero-order valence-corrected chi connectivity index (χ0v) is 12.2. The number of nitrogens with one attached hydrogen (secondary N) is 1.